The SMILES string of the molecule is Cc1ccccc1S(=O)(=O)N(C)Cc1cccc(N)c1. The molecule has 5 heteroatoms. The van der Waals surface area contributed by atoms with Crippen LogP contribution in [0.3, 0.4) is 0 Å². The fraction of sp³-hybridized carbons (Fsp3) is 0.200. The summed E-state index contributed by atoms with van der Waals surface area (Å²) in [5.74, 6) is 0. The molecule has 0 bridgehead atoms. The number of aryl methyl sites for hydroxylation is 1. The maximum atomic E-state index is 12.5. The quantitative estimate of drug-likeness (QED) is 0.879. The van der Waals surface area contributed by atoms with Crippen LogP contribution in [0.4, 0.5) is 5.69 Å². The molecule has 2 aromatic carbocycles. The summed E-state index contributed by atoms with van der Waals surface area (Å²) in [7, 11) is -1.91. The number of sulfonamides is 1. The van der Waals surface area contributed by atoms with Crippen LogP contribution in [-0.2, 0) is 16.6 Å². The molecule has 0 aromatic heterocycles. The summed E-state index contributed by atoms with van der Waals surface area (Å²) in [6.07, 6.45) is 0. The Kier molecular flexibility index (Phi) is 4.11. The van der Waals surface area contributed by atoms with Gasteiger partial charge in [-0.2, -0.15) is 4.31 Å². The zero-order valence-corrected chi connectivity index (χ0v) is 12.4. The van der Waals surface area contributed by atoms with Gasteiger partial charge in [0, 0.05) is 19.3 Å². The lowest BCUT2D eigenvalue weighted by molar-refractivity contribution is 0.466. The van der Waals surface area contributed by atoms with Crippen molar-refractivity contribution < 1.29 is 8.42 Å². The highest BCUT2D eigenvalue weighted by atomic mass is 32.2. The molecule has 0 spiro atoms. The number of benzene rings is 2. The van der Waals surface area contributed by atoms with E-state index in [1.165, 1.54) is 4.31 Å². The highest BCUT2D eigenvalue weighted by Gasteiger charge is 2.22. The first-order valence-electron chi connectivity index (χ1n) is 6.27. The van der Waals surface area contributed by atoms with Crippen LogP contribution >= 0.6 is 0 Å². The van der Waals surface area contributed by atoms with Crippen LogP contribution in [-0.4, -0.2) is 19.8 Å². The summed E-state index contributed by atoms with van der Waals surface area (Å²) in [5, 5.41) is 0. The largest absolute Gasteiger partial charge is 0.399 e. The molecule has 0 radical (unpaired) electrons. The molecule has 0 aliphatic rings. The molecular formula is C15H18N2O2S. The third-order valence-corrected chi connectivity index (χ3v) is 5.10. The van der Waals surface area contributed by atoms with Crippen molar-refractivity contribution in [3.63, 3.8) is 0 Å². The molecule has 0 saturated carbocycles. The molecule has 0 aliphatic heterocycles. The Bertz CT molecular complexity index is 711. The molecule has 4 nitrogen and oxygen atoms in total. The van der Waals surface area contributed by atoms with Crippen LogP contribution in [0.15, 0.2) is 53.4 Å². The Morgan fingerprint density at radius 2 is 1.80 bits per heavy atom. The zero-order valence-electron chi connectivity index (χ0n) is 11.6. The van der Waals surface area contributed by atoms with Crippen LogP contribution in [0.25, 0.3) is 0 Å². The minimum atomic E-state index is -3.49. The predicted octanol–water partition coefficient (Wildman–Crippen LogP) is 2.40. The maximum absolute atomic E-state index is 12.5. The summed E-state index contributed by atoms with van der Waals surface area (Å²) in [5.41, 5.74) is 7.95. The van der Waals surface area contributed by atoms with Gasteiger partial charge in [-0.25, -0.2) is 8.42 Å². The highest BCUT2D eigenvalue weighted by Crippen LogP contribution is 2.20. The van der Waals surface area contributed by atoms with Gasteiger partial charge in [0.15, 0.2) is 0 Å². The van der Waals surface area contributed by atoms with Gasteiger partial charge in [0.25, 0.3) is 0 Å². The first-order chi connectivity index (χ1) is 9.41. The van der Waals surface area contributed by atoms with Crippen LogP contribution in [0.1, 0.15) is 11.1 Å². The average Bonchev–Trinajstić information content (AvgIpc) is 2.39. The van der Waals surface area contributed by atoms with Crippen molar-refractivity contribution in [1.29, 1.82) is 0 Å². The monoisotopic (exact) mass is 290 g/mol. The molecular weight excluding hydrogens is 272 g/mol. The van der Waals surface area contributed by atoms with Gasteiger partial charge < -0.3 is 5.73 Å². The van der Waals surface area contributed by atoms with Gasteiger partial charge in [-0.3, -0.25) is 0 Å². The second kappa shape index (κ2) is 5.64. The van der Waals surface area contributed by atoms with Gasteiger partial charge in [-0.15, -0.1) is 0 Å². The summed E-state index contributed by atoms with van der Waals surface area (Å²) in [4.78, 5) is 0.339. The normalized spacial score (nSPS) is 11.8. The molecule has 0 unspecified atom stereocenters. The van der Waals surface area contributed by atoms with Crippen molar-refractivity contribution in [3.05, 3.63) is 59.7 Å². The van der Waals surface area contributed by atoms with E-state index in [2.05, 4.69) is 0 Å². The molecule has 2 rings (SSSR count). The van der Waals surface area contributed by atoms with E-state index < -0.39 is 10.0 Å². The second-order valence-electron chi connectivity index (χ2n) is 4.77. The number of anilines is 1. The Hall–Kier alpha value is -1.85. The summed E-state index contributed by atoms with van der Waals surface area (Å²) in [6, 6.07) is 14.2. The fourth-order valence-electron chi connectivity index (χ4n) is 2.05. The molecule has 2 N–H and O–H groups in total. The van der Waals surface area contributed by atoms with Crippen molar-refractivity contribution in [3.8, 4) is 0 Å². The number of nitrogen functional groups attached to an aromatic ring is 1. The van der Waals surface area contributed by atoms with Gasteiger partial charge in [0.05, 0.1) is 4.90 Å². The fourth-order valence-corrected chi connectivity index (χ4v) is 3.43. The molecule has 2 aromatic rings. The summed E-state index contributed by atoms with van der Waals surface area (Å²) < 4.78 is 26.4. The Balaban J connectivity index is 2.29. The Morgan fingerprint density at radius 3 is 2.45 bits per heavy atom. The minimum Gasteiger partial charge on any atom is -0.399 e. The lowest BCUT2D eigenvalue weighted by Gasteiger charge is -2.18. The summed E-state index contributed by atoms with van der Waals surface area (Å²) >= 11 is 0. The van der Waals surface area contributed by atoms with Crippen LogP contribution in [0, 0.1) is 6.92 Å². The van der Waals surface area contributed by atoms with Crippen LogP contribution in [0.5, 0.6) is 0 Å². The number of nitrogens with two attached hydrogens (primary N) is 1. The predicted molar refractivity (Wildman–Crippen MR) is 80.7 cm³/mol. The zero-order chi connectivity index (χ0) is 14.8. The van der Waals surface area contributed by atoms with Crippen molar-refractivity contribution in [2.45, 2.75) is 18.4 Å². The first kappa shape index (κ1) is 14.6. The number of hydrogen-bond donors (Lipinski definition) is 1. The van der Waals surface area contributed by atoms with Crippen molar-refractivity contribution >= 4 is 15.7 Å². The number of rotatable bonds is 4. The Labute approximate surface area is 119 Å². The van der Waals surface area contributed by atoms with Gasteiger partial charge in [0.1, 0.15) is 0 Å². The lowest BCUT2D eigenvalue weighted by Crippen LogP contribution is -2.27. The molecule has 0 aliphatic carbocycles. The van der Waals surface area contributed by atoms with E-state index in [-0.39, 0.29) is 0 Å². The second-order valence-corrected chi connectivity index (χ2v) is 6.78. The standard InChI is InChI=1S/C15H18N2O2S/c1-12-6-3-4-9-15(12)20(18,19)17(2)11-13-7-5-8-14(16)10-13/h3-10H,11,16H2,1-2H3. The van der Waals surface area contributed by atoms with E-state index in [0.29, 0.717) is 17.1 Å². The van der Waals surface area contributed by atoms with E-state index in [1.807, 2.05) is 18.2 Å². The van der Waals surface area contributed by atoms with Gasteiger partial charge in [-0.05, 0) is 36.2 Å². The van der Waals surface area contributed by atoms with Crippen LogP contribution < -0.4 is 5.73 Å². The van der Waals surface area contributed by atoms with E-state index in [0.717, 1.165) is 11.1 Å². The third-order valence-electron chi connectivity index (χ3n) is 3.14. The van der Waals surface area contributed by atoms with Crippen molar-refractivity contribution in [1.82, 2.24) is 4.31 Å². The Morgan fingerprint density at radius 1 is 1.10 bits per heavy atom. The topological polar surface area (TPSA) is 63.4 Å². The molecule has 0 saturated heterocycles. The van der Waals surface area contributed by atoms with E-state index in [9.17, 15) is 8.42 Å². The smallest absolute Gasteiger partial charge is 0.243 e. The third kappa shape index (κ3) is 3.00. The van der Waals surface area contributed by atoms with E-state index in [4.69, 9.17) is 5.73 Å². The lowest BCUT2D eigenvalue weighted by atomic mass is 10.2. The molecule has 0 heterocycles. The van der Waals surface area contributed by atoms with E-state index in [1.54, 1.807) is 44.3 Å². The van der Waals surface area contributed by atoms with Crippen LogP contribution in [0.2, 0.25) is 0 Å². The average molecular weight is 290 g/mol. The minimum absolute atomic E-state index is 0.293. The molecule has 20 heavy (non-hydrogen) atoms. The molecule has 0 amide bonds. The van der Waals surface area contributed by atoms with E-state index >= 15 is 0 Å². The maximum Gasteiger partial charge on any atom is 0.243 e. The van der Waals surface area contributed by atoms with Gasteiger partial charge >= 0.3 is 0 Å². The molecule has 0 fully saturated rings. The van der Waals surface area contributed by atoms with Gasteiger partial charge in [0.2, 0.25) is 10.0 Å². The van der Waals surface area contributed by atoms with Gasteiger partial charge in [-0.1, -0.05) is 30.3 Å². The molecule has 0 atom stereocenters. The number of nitrogens with zero attached hydrogens (tertiary/aromatic N) is 1. The number of hydrogen-bond acceptors (Lipinski definition) is 3. The van der Waals surface area contributed by atoms with Crippen molar-refractivity contribution in [2.75, 3.05) is 12.8 Å². The van der Waals surface area contributed by atoms with Crippen molar-refractivity contribution in [2.24, 2.45) is 0 Å². The molecule has 106 valence electrons. The highest BCUT2D eigenvalue weighted by molar-refractivity contribution is 7.89. The summed E-state index contributed by atoms with van der Waals surface area (Å²) in [6.45, 7) is 2.09. The first-order valence-corrected chi connectivity index (χ1v) is 7.71.